The van der Waals surface area contributed by atoms with Gasteiger partial charge in [0.25, 0.3) is 24.4 Å². The minimum Gasteiger partial charge on any atom is -0.371 e. The van der Waals surface area contributed by atoms with E-state index in [1.807, 2.05) is 30.5 Å². The van der Waals surface area contributed by atoms with Crippen LogP contribution >= 0.6 is 23.5 Å². The summed E-state index contributed by atoms with van der Waals surface area (Å²) in [5, 5.41) is 10.8. The van der Waals surface area contributed by atoms with Crippen LogP contribution in [-0.4, -0.2) is 35.7 Å². The predicted molar refractivity (Wildman–Crippen MR) is 94.3 cm³/mol. The third-order valence-corrected chi connectivity index (χ3v) is 5.25. The lowest BCUT2D eigenvalue weighted by molar-refractivity contribution is -0.184. The van der Waals surface area contributed by atoms with E-state index in [0.717, 1.165) is 21.9 Å². The Kier molecular flexibility index (Phi) is 7.12. The van der Waals surface area contributed by atoms with E-state index < -0.39 is 35.9 Å². The number of aliphatic hydroxyl groups is 1. The molecule has 0 unspecified atom stereocenters. The second-order valence-corrected chi connectivity index (χ2v) is 7.33. The number of hydrogen-bond acceptors (Lipinski definition) is 4. The van der Waals surface area contributed by atoms with Gasteiger partial charge in [0.2, 0.25) is 0 Å². The molecule has 27 heavy (non-hydrogen) atoms. The summed E-state index contributed by atoms with van der Waals surface area (Å²) in [7, 11) is 0. The molecule has 0 spiro atoms. The quantitative estimate of drug-likeness (QED) is 0.491. The summed E-state index contributed by atoms with van der Waals surface area (Å²) in [6.07, 6.45) is -6.16. The first kappa shape index (κ1) is 21.5. The van der Waals surface area contributed by atoms with Gasteiger partial charge in [-0.25, -0.2) is 22.0 Å². The van der Waals surface area contributed by atoms with Crippen molar-refractivity contribution < 1.29 is 31.9 Å². The highest BCUT2D eigenvalue weighted by Gasteiger charge is 2.54. The summed E-state index contributed by atoms with van der Waals surface area (Å²) in [5.74, 6) is -3.10. The first-order chi connectivity index (χ1) is 12.7. The molecule has 3 nitrogen and oxygen atoms in total. The topological polar surface area (TPSA) is 49.3 Å². The number of anilines is 1. The van der Waals surface area contributed by atoms with Gasteiger partial charge in [-0.1, -0.05) is 11.8 Å². The van der Waals surface area contributed by atoms with Crippen LogP contribution in [0.4, 0.5) is 27.6 Å². The smallest absolute Gasteiger partial charge is 0.281 e. The van der Waals surface area contributed by atoms with Crippen molar-refractivity contribution in [3.05, 3.63) is 48.3 Å². The molecule has 0 bridgehead atoms. The molecular formula is C17H14F5NO2S2. The lowest BCUT2D eigenvalue weighted by Gasteiger charge is -2.24. The second kappa shape index (κ2) is 8.94. The zero-order valence-corrected chi connectivity index (χ0v) is 15.4. The van der Waals surface area contributed by atoms with Crippen LogP contribution in [0.1, 0.15) is 0 Å². The van der Waals surface area contributed by atoms with Gasteiger partial charge < -0.3 is 10.4 Å². The molecule has 2 rings (SSSR count). The molecule has 0 atom stereocenters. The zero-order valence-electron chi connectivity index (χ0n) is 13.8. The molecule has 0 aliphatic rings. The van der Waals surface area contributed by atoms with Gasteiger partial charge >= 0.3 is 0 Å². The average molecular weight is 423 g/mol. The van der Waals surface area contributed by atoms with Crippen molar-refractivity contribution in [2.24, 2.45) is 0 Å². The van der Waals surface area contributed by atoms with Crippen LogP contribution in [0.15, 0.2) is 57.2 Å². The van der Waals surface area contributed by atoms with E-state index in [9.17, 15) is 31.9 Å². The molecule has 0 aliphatic heterocycles. The highest BCUT2D eigenvalue weighted by atomic mass is 32.2. The van der Waals surface area contributed by atoms with Crippen LogP contribution in [-0.2, 0) is 4.79 Å². The normalized spacial score (nSPS) is 11.9. The summed E-state index contributed by atoms with van der Waals surface area (Å²) in [4.78, 5) is 13.9. The summed E-state index contributed by atoms with van der Waals surface area (Å²) in [6, 6.07) is 10.9. The zero-order chi connectivity index (χ0) is 20.2. The van der Waals surface area contributed by atoms with E-state index in [1.165, 1.54) is 17.8 Å². The van der Waals surface area contributed by atoms with Gasteiger partial charge in [-0.15, -0.1) is 11.8 Å². The Morgan fingerprint density at radius 1 is 1.00 bits per heavy atom. The average Bonchev–Trinajstić information content (AvgIpc) is 2.63. The van der Waals surface area contributed by atoms with Gasteiger partial charge in [0.05, 0.1) is 5.69 Å². The Hall–Kier alpha value is -1.78. The standard InChI is InChI=1S/C17H14F5NO2S2/c1-26-9-2-4-10(5-3-9)27-11-6-7-13(12(18)8-11)23-16(24)17(25,14(19)20)15(21)22/h2-8,14-15,25H,1H3,(H,23,24). The molecule has 0 saturated carbocycles. The van der Waals surface area contributed by atoms with E-state index in [1.54, 1.807) is 17.1 Å². The molecule has 2 aromatic carbocycles. The van der Waals surface area contributed by atoms with Crippen LogP contribution in [0, 0.1) is 5.82 Å². The van der Waals surface area contributed by atoms with Crippen LogP contribution < -0.4 is 5.32 Å². The first-order valence-corrected chi connectivity index (χ1v) is 9.44. The minimum atomic E-state index is -4.22. The van der Waals surface area contributed by atoms with Crippen molar-refractivity contribution in [3.8, 4) is 0 Å². The van der Waals surface area contributed by atoms with E-state index >= 15 is 0 Å². The molecule has 0 radical (unpaired) electrons. The van der Waals surface area contributed by atoms with Crippen LogP contribution in [0.5, 0.6) is 0 Å². The fourth-order valence-corrected chi connectivity index (χ4v) is 3.21. The second-order valence-electron chi connectivity index (χ2n) is 5.30. The maximum atomic E-state index is 14.1. The fraction of sp³-hybridized carbons (Fsp3) is 0.235. The monoisotopic (exact) mass is 423 g/mol. The maximum absolute atomic E-state index is 14.1. The fourth-order valence-electron chi connectivity index (χ4n) is 1.96. The summed E-state index contributed by atoms with van der Waals surface area (Å²) < 4.78 is 64.8. The summed E-state index contributed by atoms with van der Waals surface area (Å²) in [6.45, 7) is 0. The lowest BCUT2D eigenvalue weighted by Crippen LogP contribution is -2.54. The van der Waals surface area contributed by atoms with Crippen molar-refractivity contribution in [1.29, 1.82) is 0 Å². The third-order valence-electron chi connectivity index (χ3n) is 3.51. The number of thioether (sulfide) groups is 1. The SMILES string of the molecule is CSc1ccc(Sc2ccc(NC(=O)C(O)(C(F)F)C(F)F)c(F)c2)cc1. The van der Waals surface area contributed by atoms with Gasteiger partial charge in [0.15, 0.2) is 0 Å². The molecule has 0 aliphatic carbocycles. The van der Waals surface area contributed by atoms with Gasteiger partial charge in [-0.2, -0.15) is 0 Å². The van der Waals surface area contributed by atoms with Gasteiger partial charge in [-0.3, -0.25) is 4.79 Å². The number of amides is 1. The minimum absolute atomic E-state index is 0.445. The maximum Gasteiger partial charge on any atom is 0.281 e. The summed E-state index contributed by atoms with van der Waals surface area (Å²) in [5.41, 5.74) is -4.82. The van der Waals surface area contributed by atoms with Crippen molar-refractivity contribution >= 4 is 35.1 Å². The van der Waals surface area contributed by atoms with E-state index in [-0.39, 0.29) is 0 Å². The molecule has 0 saturated heterocycles. The highest BCUT2D eigenvalue weighted by Crippen LogP contribution is 2.32. The van der Waals surface area contributed by atoms with Crippen molar-refractivity contribution in [3.63, 3.8) is 0 Å². The van der Waals surface area contributed by atoms with Crippen molar-refractivity contribution in [2.75, 3.05) is 11.6 Å². The highest BCUT2D eigenvalue weighted by molar-refractivity contribution is 7.99. The molecule has 10 heteroatoms. The Bertz CT molecular complexity index is 794. The number of benzene rings is 2. The van der Waals surface area contributed by atoms with Crippen LogP contribution in [0.2, 0.25) is 0 Å². The van der Waals surface area contributed by atoms with Gasteiger partial charge in [0, 0.05) is 14.7 Å². The lowest BCUT2D eigenvalue weighted by atomic mass is 10.0. The van der Waals surface area contributed by atoms with Crippen LogP contribution in [0.25, 0.3) is 0 Å². The number of rotatable bonds is 7. The van der Waals surface area contributed by atoms with E-state index in [2.05, 4.69) is 0 Å². The number of hydrogen-bond donors (Lipinski definition) is 2. The number of halogens is 5. The summed E-state index contributed by atoms with van der Waals surface area (Å²) >= 11 is 2.78. The molecule has 0 aromatic heterocycles. The number of carbonyl (C=O) groups is 1. The van der Waals surface area contributed by atoms with Crippen molar-refractivity contribution in [2.45, 2.75) is 33.1 Å². The molecule has 0 fully saturated rings. The van der Waals surface area contributed by atoms with Crippen molar-refractivity contribution in [1.82, 2.24) is 0 Å². The van der Waals surface area contributed by atoms with E-state index in [4.69, 9.17) is 0 Å². The first-order valence-electron chi connectivity index (χ1n) is 7.40. The molecular weight excluding hydrogens is 409 g/mol. The number of alkyl halides is 4. The molecule has 0 heterocycles. The van der Waals surface area contributed by atoms with Gasteiger partial charge in [0.1, 0.15) is 5.82 Å². The predicted octanol–water partition coefficient (Wildman–Crippen LogP) is 4.90. The number of carbonyl (C=O) groups excluding carboxylic acids is 1. The number of nitrogens with one attached hydrogen (secondary N) is 1. The molecule has 2 N–H and O–H groups in total. The largest absolute Gasteiger partial charge is 0.371 e. The molecule has 146 valence electrons. The Morgan fingerprint density at radius 2 is 1.52 bits per heavy atom. The third kappa shape index (κ3) is 4.94. The Labute approximate surface area is 160 Å². The van der Waals surface area contributed by atoms with Gasteiger partial charge in [-0.05, 0) is 48.7 Å². The molecule has 2 aromatic rings. The Balaban J connectivity index is 2.15. The molecule has 1 amide bonds. The van der Waals surface area contributed by atoms with E-state index in [0.29, 0.717) is 4.90 Å². The Morgan fingerprint density at radius 3 is 2.00 bits per heavy atom. The van der Waals surface area contributed by atoms with Crippen LogP contribution in [0.3, 0.4) is 0 Å².